The highest BCUT2D eigenvalue weighted by atomic mass is 19.3. The van der Waals surface area contributed by atoms with Crippen molar-refractivity contribution < 1.29 is 18.3 Å². The van der Waals surface area contributed by atoms with E-state index in [4.69, 9.17) is 5.73 Å². The molecular weight excluding hydrogens is 208 g/mol. The zero-order valence-corrected chi connectivity index (χ0v) is 7.70. The Labute approximate surface area is 83.4 Å². The van der Waals surface area contributed by atoms with E-state index in [2.05, 4.69) is 9.72 Å². The summed E-state index contributed by atoms with van der Waals surface area (Å²) in [6.45, 7) is 0. The third-order valence-electron chi connectivity index (χ3n) is 1.96. The highest BCUT2D eigenvalue weighted by Crippen LogP contribution is 2.37. The lowest BCUT2D eigenvalue weighted by Gasteiger charge is -2.29. The molecule has 0 unspecified atom stereocenters. The van der Waals surface area contributed by atoms with Gasteiger partial charge in [0.2, 0.25) is 0 Å². The van der Waals surface area contributed by atoms with Crippen molar-refractivity contribution in [3.8, 4) is 5.75 Å². The molecule has 2 heterocycles. The molecule has 0 bridgehead atoms. The number of alkyl halides is 2. The van der Waals surface area contributed by atoms with Gasteiger partial charge in [0.15, 0.2) is 11.6 Å². The van der Waals surface area contributed by atoms with Crippen LogP contribution < -0.4 is 15.4 Å². The minimum atomic E-state index is -3.86. The van der Waals surface area contributed by atoms with Crippen LogP contribution in [0.4, 0.5) is 20.3 Å². The van der Waals surface area contributed by atoms with Crippen molar-refractivity contribution in [2.75, 3.05) is 17.7 Å². The van der Waals surface area contributed by atoms with Gasteiger partial charge in [-0.1, -0.05) is 0 Å². The number of amides is 1. The molecule has 0 aliphatic carbocycles. The average molecular weight is 215 g/mol. The van der Waals surface area contributed by atoms with Gasteiger partial charge in [-0.05, 0) is 0 Å². The molecule has 0 fully saturated rings. The van der Waals surface area contributed by atoms with Gasteiger partial charge < -0.3 is 10.5 Å². The molecule has 1 aliphatic rings. The Morgan fingerprint density at radius 3 is 2.93 bits per heavy atom. The van der Waals surface area contributed by atoms with Crippen LogP contribution in [0.5, 0.6) is 5.75 Å². The number of carbonyl (C=O) groups is 1. The van der Waals surface area contributed by atoms with Crippen LogP contribution >= 0.6 is 0 Å². The maximum absolute atomic E-state index is 13.0. The number of ether oxygens (including phenoxy) is 1. The summed E-state index contributed by atoms with van der Waals surface area (Å²) in [4.78, 5) is 15.5. The fourth-order valence-electron chi connectivity index (χ4n) is 1.25. The lowest BCUT2D eigenvalue weighted by Crippen LogP contribution is -2.49. The van der Waals surface area contributed by atoms with Crippen molar-refractivity contribution >= 4 is 17.4 Å². The molecule has 80 valence electrons. The Balaban J connectivity index is 2.55. The molecule has 1 aromatic heterocycles. The van der Waals surface area contributed by atoms with E-state index in [0.29, 0.717) is 0 Å². The van der Waals surface area contributed by atoms with Gasteiger partial charge in [0.1, 0.15) is 0 Å². The highest BCUT2D eigenvalue weighted by Gasteiger charge is 2.49. The van der Waals surface area contributed by atoms with E-state index < -0.39 is 12.0 Å². The normalized spacial score (nSPS) is 18.3. The molecule has 1 aliphatic heterocycles. The van der Waals surface area contributed by atoms with Gasteiger partial charge in [0.25, 0.3) is 0 Å². The number of nitrogens with zero attached hydrogens (tertiary/aromatic N) is 2. The maximum atomic E-state index is 13.0. The quantitative estimate of drug-likeness (QED) is 0.688. The van der Waals surface area contributed by atoms with Gasteiger partial charge in [-0.15, -0.1) is 0 Å². The Morgan fingerprint density at radius 1 is 1.60 bits per heavy atom. The van der Waals surface area contributed by atoms with Gasteiger partial charge in [-0.2, -0.15) is 8.78 Å². The Hall–Kier alpha value is -1.92. The number of hydrogen-bond acceptors (Lipinski definition) is 4. The van der Waals surface area contributed by atoms with Gasteiger partial charge in [0, 0.05) is 13.1 Å². The number of nitrogens with two attached hydrogens (primary N) is 1. The van der Waals surface area contributed by atoms with E-state index in [9.17, 15) is 13.6 Å². The van der Waals surface area contributed by atoms with Crippen LogP contribution in [0.2, 0.25) is 0 Å². The predicted molar refractivity (Wildman–Crippen MR) is 47.6 cm³/mol. The summed E-state index contributed by atoms with van der Waals surface area (Å²) in [6, 6.07) is 1.19. The van der Waals surface area contributed by atoms with Gasteiger partial charge in [-0.3, -0.25) is 9.69 Å². The van der Waals surface area contributed by atoms with E-state index in [0.717, 1.165) is 4.90 Å². The van der Waals surface area contributed by atoms with E-state index in [1.807, 2.05) is 0 Å². The van der Waals surface area contributed by atoms with E-state index >= 15 is 0 Å². The molecule has 0 saturated carbocycles. The number of fused-ring (bicyclic) bond motifs is 1. The number of halogens is 2. The van der Waals surface area contributed by atoms with Crippen LogP contribution in [0.1, 0.15) is 0 Å². The molecule has 0 aromatic carbocycles. The lowest BCUT2D eigenvalue weighted by molar-refractivity contribution is -0.192. The second-order valence-corrected chi connectivity index (χ2v) is 3.07. The molecule has 2 rings (SSSR count). The summed E-state index contributed by atoms with van der Waals surface area (Å²) in [5.41, 5.74) is 5.55. The summed E-state index contributed by atoms with van der Waals surface area (Å²) < 4.78 is 30.2. The molecule has 1 amide bonds. The van der Waals surface area contributed by atoms with Crippen molar-refractivity contribution in [1.29, 1.82) is 0 Å². The molecule has 0 spiro atoms. The summed E-state index contributed by atoms with van der Waals surface area (Å²) in [6.07, 6.45) is -2.60. The average Bonchev–Trinajstić information content (AvgIpc) is 2.13. The number of carbonyl (C=O) groups excluding carboxylic acids is 1. The minimum absolute atomic E-state index is 0.0279. The van der Waals surface area contributed by atoms with E-state index in [1.165, 1.54) is 19.3 Å². The molecule has 0 radical (unpaired) electrons. The summed E-state index contributed by atoms with van der Waals surface area (Å²) in [7, 11) is 1.20. The standard InChI is InChI=1S/C8H7F2N3O2/c1-13-6-5(2-4(11)3-12-6)15-8(9,10)7(13)14/h2-3H,11H2,1H3. The summed E-state index contributed by atoms with van der Waals surface area (Å²) in [5, 5.41) is 0. The molecule has 2 N–H and O–H groups in total. The zero-order valence-electron chi connectivity index (χ0n) is 7.70. The van der Waals surface area contributed by atoms with Crippen molar-refractivity contribution in [2.45, 2.75) is 6.11 Å². The predicted octanol–water partition coefficient (Wildman–Crippen LogP) is 0.612. The molecule has 7 heteroatoms. The molecule has 15 heavy (non-hydrogen) atoms. The number of hydrogen-bond donors (Lipinski definition) is 1. The third kappa shape index (κ3) is 1.36. The monoisotopic (exact) mass is 215 g/mol. The van der Waals surface area contributed by atoms with Crippen LogP contribution in [0.3, 0.4) is 0 Å². The fraction of sp³-hybridized carbons (Fsp3) is 0.250. The molecule has 0 atom stereocenters. The fourth-order valence-corrected chi connectivity index (χ4v) is 1.25. The number of rotatable bonds is 0. The number of anilines is 2. The van der Waals surface area contributed by atoms with Gasteiger partial charge in [0.05, 0.1) is 11.9 Å². The maximum Gasteiger partial charge on any atom is 0.483 e. The Bertz CT molecular complexity index is 436. The zero-order chi connectivity index (χ0) is 11.2. The Morgan fingerprint density at radius 2 is 2.27 bits per heavy atom. The van der Waals surface area contributed by atoms with Crippen molar-refractivity contribution in [2.24, 2.45) is 0 Å². The molecule has 1 aromatic rings. The SMILES string of the molecule is CN1C(=O)C(F)(F)Oc2cc(N)cnc21. The largest absolute Gasteiger partial charge is 0.483 e. The number of nitrogen functional groups attached to an aromatic ring is 1. The van der Waals surface area contributed by atoms with Crippen molar-refractivity contribution in [3.05, 3.63) is 12.3 Å². The minimum Gasteiger partial charge on any atom is -0.421 e. The first-order chi connectivity index (χ1) is 6.92. The van der Waals surface area contributed by atoms with Gasteiger partial charge >= 0.3 is 12.0 Å². The molecule has 5 nitrogen and oxygen atoms in total. The number of likely N-dealkylation sites (N-methyl/N-ethyl adjacent to an activating group) is 1. The van der Waals surface area contributed by atoms with Crippen LogP contribution in [-0.4, -0.2) is 24.0 Å². The lowest BCUT2D eigenvalue weighted by atomic mass is 10.3. The van der Waals surface area contributed by atoms with Crippen LogP contribution in [0.25, 0.3) is 0 Å². The Kier molecular flexibility index (Phi) is 1.79. The number of pyridine rings is 1. The first-order valence-electron chi connectivity index (χ1n) is 4.02. The van der Waals surface area contributed by atoms with Crippen LogP contribution in [0.15, 0.2) is 12.3 Å². The first kappa shape index (κ1) is 9.63. The van der Waals surface area contributed by atoms with E-state index in [1.54, 1.807) is 0 Å². The van der Waals surface area contributed by atoms with E-state index in [-0.39, 0.29) is 17.3 Å². The molecular formula is C8H7F2N3O2. The smallest absolute Gasteiger partial charge is 0.421 e. The van der Waals surface area contributed by atoms with Crippen LogP contribution in [0, 0.1) is 0 Å². The van der Waals surface area contributed by atoms with Crippen molar-refractivity contribution in [3.63, 3.8) is 0 Å². The van der Waals surface area contributed by atoms with Crippen LogP contribution in [-0.2, 0) is 4.79 Å². The highest BCUT2D eigenvalue weighted by molar-refractivity contribution is 5.99. The second kappa shape index (κ2) is 2.78. The molecule has 0 saturated heterocycles. The first-order valence-corrected chi connectivity index (χ1v) is 4.02. The topological polar surface area (TPSA) is 68.5 Å². The summed E-state index contributed by atoms with van der Waals surface area (Å²) in [5.74, 6) is -1.63. The third-order valence-corrected chi connectivity index (χ3v) is 1.96. The van der Waals surface area contributed by atoms with Crippen molar-refractivity contribution in [1.82, 2.24) is 4.98 Å². The summed E-state index contributed by atoms with van der Waals surface area (Å²) >= 11 is 0. The number of aromatic nitrogens is 1. The van der Waals surface area contributed by atoms with Gasteiger partial charge in [-0.25, -0.2) is 4.98 Å². The second-order valence-electron chi connectivity index (χ2n) is 3.07.